The minimum absolute atomic E-state index is 0.161. The van der Waals surface area contributed by atoms with E-state index in [0.717, 1.165) is 11.3 Å². The first-order valence-corrected chi connectivity index (χ1v) is 9.11. The summed E-state index contributed by atoms with van der Waals surface area (Å²) in [6.07, 6.45) is -0.229. The minimum atomic E-state index is -0.907. The van der Waals surface area contributed by atoms with Crippen molar-refractivity contribution >= 4 is 17.6 Å². The Morgan fingerprint density at radius 2 is 1.86 bits per heavy atom. The molecule has 28 heavy (non-hydrogen) atoms. The molecule has 1 aliphatic rings. The molecule has 2 aromatic carbocycles. The average Bonchev–Trinajstić information content (AvgIpc) is 3.14. The van der Waals surface area contributed by atoms with Gasteiger partial charge in [0.1, 0.15) is 5.75 Å². The van der Waals surface area contributed by atoms with E-state index in [2.05, 4.69) is 5.32 Å². The van der Waals surface area contributed by atoms with Crippen molar-refractivity contribution in [1.82, 2.24) is 0 Å². The van der Waals surface area contributed by atoms with Gasteiger partial charge in [-0.05, 0) is 44.5 Å². The quantitative estimate of drug-likeness (QED) is 0.554. The summed E-state index contributed by atoms with van der Waals surface area (Å²) in [6.45, 7) is 4.09. The van der Waals surface area contributed by atoms with Gasteiger partial charge in [-0.2, -0.15) is 0 Å². The number of aryl methyl sites for hydroxylation is 1. The van der Waals surface area contributed by atoms with Crippen LogP contribution in [0.3, 0.4) is 0 Å². The number of ether oxygens (including phenoxy) is 4. The highest BCUT2D eigenvalue weighted by molar-refractivity contribution is 5.95. The van der Waals surface area contributed by atoms with Crippen molar-refractivity contribution in [3.63, 3.8) is 0 Å². The van der Waals surface area contributed by atoms with Gasteiger partial charge in [-0.15, -0.1) is 0 Å². The maximum atomic E-state index is 12.2. The zero-order chi connectivity index (χ0) is 19.9. The number of carbonyl (C=O) groups excluding carboxylic acids is 2. The normalized spacial score (nSPS) is 12.9. The summed E-state index contributed by atoms with van der Waals surface area (Å²) >= 11 is 0. The first-order valence-electron chi connectivity index (χ1n) is 9.11. The number of nitrogens with one attached hydrogen (secondary N) is 1. The molecule has 3 rings (SSSR count). The molecule has 0 aromatic heterocycles. The maximum Gasteiger partial charge on any atom is 0.306 e. The van der Waals surface area contributed by atoms with Crippen molar-refractivity contribution in [2.75, 3.05) is 18.7 Å². The van der Waals surface area contributed by atoms with Crippen molar-refractivity contribution in [3.05, 3.63) is 48.0 Å². The van der Waals surface area contributed by atoms with Crippen LogP contribution in [0.5, 0.6) is 17.2 Å². The summed E-state index contributed by atoms with van der Waals surface area (Å²) in [5, 5.41) is 2.69. The fraction of sp³-hybridized carbons (Fsp3) is 0.333. The van der Waals surface area contributed by atoms with Crippen molar-refractivity contribution in [2.45, 2.75) is 32.8 Å². The SMILES string of the molecule is Cc1ccc(OCCCC(=O)O[C@@H](C)C(=O)Nc2ccc3c(c2)OCO3)cc1. The van der Waals surface area contributed by atoms with Crippen LogP contribution in [0.15, 0.2) is 42.5 Å². The van der Waals surface area contributed by atoms with Gasteiger partial charge in [0.25, 0.3) is 5.91 Å². The molecule has 1 aliphatic heterocycles. The highest BCUT2D eigenvalue weighted by atomic mass is 16.7. The number of fused-ring (bicyclic) bond motifs is 1. The number of rotatable bonds is 8. The van der Waals surface area contributed by atoms with Crippen molar-refractivity contribution < 1.29 is 28.5 Å². The molecular weight excluding hydrogens is 362 g/mol. The summed E-state index contributed by atoms with van der Waals surface area (Å²) in [6, 6.07) is 12.8. The molecule has 1 N–H and O–H groups in total. The average molecular weight is 385 g/mol. The van der Waals surface area contributed by atoms with Gasteiger partial charge in [-0.25, -0.2) is 0 Å². The number of benzene rings is 2. The Morgan fingerprint density at radius 1 is 1.11 bits per heavy atom. The number of amides is 1. The summed E-state index contributed by atoms with van der Waals surface area (Å²) in [7, 11) is 0. The Morgan fingerprint density at radius 3 is 2.64 bits per heavy atom. The Bertz CT molecular complexity index is 833. The van der Waals surface area contributed by atoms with E-state index in [0.29, 0.717) is 30.2 Å². The molecule has 0 saturated carbocycles. The molecule has 0 fully saturated rings. The van der Waals surface area contributed by atoms with Crippen LogP contribution in [0.1, 0.15) is 25.3 Å². The lowest BCUT2D eigenvalue weighted by atomic mass is 10.2. The standard InChI is InChI=1S/C21H23NO6/c1-14-5-8-17(9-6-14)25-11-3-4-20(23)28-15(2)21(24)22-16-7-10-18-19(12-16)27-13-26-18/h5-10,12,15H,3-4,11,13H2,1-2H3,(H,22,24)/t15-/m0/s1. The molecule has 2 aromatic rings. The minimum Gasteiger partial charge on any atom is -0.494 e. The number of esters is 1. The lowest BCUT2D eigenvalue weighted by Crippen LogP contribution is -2.30. The Labute approximate surface area is 163 Å². The largest absolute Gasteiger partial charge is 0.494 e. The lowest BCUT2D eigenvalue weighted by molar-refractivity contribution is -0.153. The van der Waals surface area contributed by atoms with Crippen LogP contribution < -0.4 is 19.5 Å². The predicted molar refractivity (Wildman–Crippen MR) is 103 cm³/mol. The van der Waals surface area contributed by atoms with E-state index in [1.165, 1.54) is 6.92 Å². The number of hydrogen-bond acceptors (Lipinski definition) is 6. The van der Waals surface area contributed by atoms with E-state index < -0.39 is 18.0 Å². The Hall–Kier alpha value is -3.22. The van der Waals surface area contributed by atoms with Gasteiger partial charge in [-0.1, -0.05) is 17.7 Å². The van der Waals surface area contributed by atoms with Crippen molar-refractivity contribution in [2.24, 2.45) is 0 Å². The summed E-state index contributed by atoms with van der Waals surface area (Å²) in [5.74, 6) is 1.10. The van der Waals surface area contributed by atoms with Crippen molar-refractivity contribution in [3.8, 4) is 17.2 Å². The molecule has 1 atom stereocenters. The van der Waals surface area contributed by atoms with Crippen LogP contribution >= 0.6 is 0 Å². The lowest BCUT2D eigenvalue weighted by Gasteiger charge is -2.14. The molecule has 1 heterocycles. The molecule has 0 radical (unpaired) electrons. The van der Waals surface area contributed by atoms with E-state index in [1.807, 2.05) is 31.2 Å². The van der Waals surface area contributed by atoms with Gasteiger partial charge in [-0.3, -0.25) is 9.59 Å². The molecule has 7 nitrogen and oxygen atoms in total. The van der Waals surface area contributed by atoms with Crippen LogP contribution in [0, 0.1) is 6.92 Å². The molecule has 148 valence electrons. The highest BCUT2D eigenvalue weighted by Gasteiger charge is 2.19. The third kappa shape index (κ3) is 5.39. The van der Waals surface area contributed by atoms with Gasteiger partial charge in [0.05, 0.1) is 6.61 Å². The molecule has 7 heteroatoms. The highest BCUT2D eigenvalue weighted by Crippen LogP contribution is 2.34. The molecule has 0 unspecified atom stereocenters. The van der Waals surface area contributed by atoms with Crippen LogP contribution in [0.25, 0.3) is 0 Å². The third-order valence-electron chi connectivity index (χ3n) is 4.13. The van der Waals surface area contributed by atoms with Gasteiger partial charge >= 0.3 is 5.97 Å². The Balaban J connectivity index is 1.37. The van der Waals surface area contributed by atoms with E-state index in [1.54, 1.807) is 18.2 Å². The van der Waals surface area contributed by atoms with Crippen LogP contribution in [0.4, 0.5) is 5.69 Å². The number of anilines is 1. The zero-order valence-electron chi connectivity index (χ0n) is 15.9. The fourth-order valence-corrected chi connectivity index (χ4v) is 2.57. The molecule has 0 aliphatic carbocycles. The second-order valence-electron chi connectivity index (χ2n) is 6.45. The zero-order valence-corrected chi connectivity index (χ0v) is 15.9. The van der Waals surface area contributed by atoms with Crippen LogP contribution in [-0.4, -0.2) is 31.4 Å². The number of carbonyl (C=O) groups is 2. The summed E-state index contributed by atoms with van der Waals surface area (Å²) < 4.78 is 21.2. The Kier molecular flexibility index (Phi) is 6.37. The molecule has 1 amide bonds. The molecule has 0 bridgehead atoms. The second kappa shape index (κ2) is 9.12. The van der Waals surface area contributed by atoms with Gasteiger partial charge in [0.2, 0.25) is 6.79 Å². The number of hydrogen-bond donors (Lipinski definition) is 1. The van der Waals surface area contributed by atoms with E-state index in [-0.39, 0.29) is 13.2 Å². The molecular formula is C21H23NO6. The topological polar surface area (TPSA) is 83.1 Å². The van der Waals surface area contributed by atoms with Crippen molar-refractivity contribution in [1.29, 1.82) is 0 Å². The molecule has 0 spiro atoms. The second-order valence-corrected chi connectivity index (χ2v) is 6.45. The monoisotopic (exact) mass is 385 g/mol. The predicted octanol–water partition coefficient (Wildman–Crippen LogP) is 3.45. The van der Waals surface area contributed by atoms with Gasteiger partial charge in [0.15, 0.2) is 17.6 Å². The van der Waals surface area contributed by atoms with E-state index in [4.69, 9.17) is 18.9 Å². The fourth-order valence-electron chi connectivity index (χ4n) is 2.57. The first-order chi connectivity index (χ1) is 13.5. The van der Waals surface area contributed by atoms with Crippen LogP contribution in [-0.2, 0) is 14.3 Å². The smallest absolute Gasteiger partial charge is 0.306 e. The van der Waals surface area contributed by atoms with E-state index in [9.17, 15) is 9.59 Å². The summed E-state index contributed by atoms with van der Waals surface area (Å²) in [4.78, 5) is 24.1. The van der Waals surface area contributed by atoms with Crippen LogP contribution in [0.2, 0.25) is 0 Å². The third-order valence-corrected chi connectivity index (χ3v) is 4.13. The summed E-state index contributed by atoms with van der Waals surface area (Å²) in [5.41, 5.74) is 1.70. The molecule has 0 saturated heterocycles. The van der Waals surface area contributed by atoms with Gasteiger partial charge < -0.3 is 24.3 Å². The maximum absolute atomic E-state index is 12.2. The van der Waals surface area contributed by atoms with Gasteiger partial charge in [0, 0.05) is 18.2 Å². The first kappa shape index (κ1) is 19.5. The van der Waals surface area contributed by atoms with E-state index >= 15 is 0 Å².